The van der Waals surface area contributed by atoms with Gasteiger partial charge in [-0.15, -0.1) is 0 Å². The molecule has 2 N–H and O–H groups in total. The zero-order valence-corrected chi connectivity index (χ0v) is 12.9. The van der Waals surface area contributed by atoms with Crippen LogP contribution in [0.5, 0.6) is 0 Å². The number of nitrogens with one attached hydrogen (secondary N) is 2. The molecule has 0 spiro atoms. The summed E-state index contributed by atoms with van der Waals surface area (Å²) in [7, 11) is 0. The van der Waals surface area contributed by atoms with E-state index < -0.39 is 0 Å². The first-order valence-corrected chi connectivity index (χ1v) is 7.77. The van der Waals surface area contributed by atoms with E-state index in [2.05, 4.69) is 20.2 Å². The molecular weight excluding hydrogens is 280 g/mol. The number of aryl methyl sites for hydroxylation is 1. The average Bonchev–Trinajstić information content (AvgIpc) is 2.92. The van der Waals surface area contributed by atoms with Gasteiger partial charge in [-0.2, -0.15) is 0 Å². The van der Waals surface area contributed by atoms with Gasteiger partial charge in [-0.1, -0.05) is 6.07 Å². The van der Waals surface area contributed by atoms with Crippen LogP contribution >= 0.6 is 0 Å². The van der Waals surface area contributed by atoms with Crippen LogP contribution in [-0.2, 0) is 4.74 Å². The van der Waals surface area contributed by atoms with Crippen LogP contribution in [0, 0.1) is 6.92 Å². The van der Waals surface area contributed by atoms with E-state index in [0.717, 1.165) is 56.1 Å². The molecule has 1 aliphatic heterocycles. The second-order valence-corrected chi connectivity index (χ2v) is 5.59. The zero-order chi connectivity index (χ0) is 15.4. The van der Waals surface area contributed by atoms with Crippen LogP contribution in [0.4, 0.5) is 0 Å². The fraction of sp³-hybridized carbons (Fsp3) is 0.500. The Morgan fingerprint density at radius 1 is 1.41 bits per heavy atom. The van der Waals surface area contributed by atoms with Crippen LogP contribution < -0.4 is 5.32 Å². The van der Waals surface area contributed by atoms with Crippen LogP contribution in [0.3, 0.4) is 0 Å². The molecule has 0 unspecified atom stereocenters. The van der Waals surface area contributed by atoms with Crippen molar-refractivity contribution in [2.75, 3.05) is 39.4 Å². The number of hydrogen-bond acceptors (Lipinski definition) is 4. The second kappa shape index (κ2) is 6.89. The van der Waals surface area contributed by atoms with Crippen molar-refractivity contribution in [3.63, 3.8) is 0 Å². The van der Waals surface area contributed by atoms with Gasteiger partial charge in [0.05, 0.1) is 24.3 Å². The van der Waals surface area contributed by atoms with Crippen LogP contribution in [0.2, 0.25) is 0 Å². The Hall–Kier alpha value is -1.92. The van der Waals surface area contributed by atoms with E-state index in [4.69, 9.17) is 4.74 Å². The number of hydrogen-bond donors (Lipinski definition) is 2. The van der Waals surface area contributed by atoms with Crippen molar-refractivity contribution in [3.05, 3.63) is 29.6 Å². The number of aromatic amines is 1. The van der Waals surface area contributed by atoms with Gasteiger partial charge < -0.3 is 15.0 Å². The lowest BCUT2D eigenvalue weighted by Crippen LogP contribution is -2.38. The molecule has 1 saturated heterocycles. The number of nitrogens with zero attached hydrogens (tertiary/aromatic N) is 2. The van der Waals surface area contributed by atoms with Crippen molar-refractivity contribution in [3.8, 4) is 0 Å². The molecule has 0 bridgehead atoms. The van der Waals surface area contributed by atoms with Crippen molar-refractivity contribution in [1.29, 1.82) is 0 Å². The number of fused-ring (bicyclic) bond motifs is 1. The molecule has 1 aromatic carbocycles. The third kappa shape index (κ3) is 3.45. The highest BCUT2D eigenvalue weighted by molar-refractivity contribution is 6.04. The maximum Gasteiger partial charge on any atom is 0.253 e. The Labute approximate surface area is 129 Å². The molecule has 2 heterocycles. The Morgan fingerprint density at radius 3 is 3.05 bits per heavy atom. The van der Waals surface area contributed by atoms with E-state index in [1.54, 1.807) is 0 Å². The standard InChI is InChI=1S/C16H22N4O2/c1-12-18-14-5-2-4-13(15(14)19-12)16(21)17-6-3-7-20-8-10-22-11-9-20/h2,4-5H,3,6-11H2,1H3,(H,17,21)(H,18,19). The van der Waals surface area contributed by atoms with Crippen LogP contribution in [0.25, 0.3) is 11.0 Å². The van der Waals surface area contributed by atoms with Gasteiger partial charge in [-0.05, 0) is 32.0 Å². The summed E-state index contributed by atoms with van der Waals surface area (Å²) < 4.78 is 5.32. The summed E-state index contributed by atoms with van der Waals surface area (Å²) in [6.07, 6.45) is 0.946. The van der Waals surface area contributed by atoms with Gasteiger partial charge in [0.15, 0.2) is 0 Å². The van der Waals surface area contributed by atoms with Crippen LogP contribution in [-0.4, -0.2) is 60.2 Å². The second-order valence-electron chi connectivity index (χ2n) is 5.59. The van der Waals surface area contributed by atoms with E-state index in [0.29, 0.717) is 12.1 Å². The number of imidazole rings is 1. The van der Waals surface area contributed by atoms with Crippen LogP contribution in [0.15, 0.2) is 18.2 Å². The maximum atomic E-state index is 12.3. The third-order valence-electron chi connectivity index (χ3n) is 3.92. The number of ether oxygens (including phenoxy) is 1. The van der Waals surface area contributed by atoms with Gasteiger partial charge in [-0.25, -0.2) is 4.98 Å². The summed E-state index contributed by atoms with van der Waals surface area (Å²) in [5.41, 5.74) is 2.28. The van der Waals surface area contributed by atoms with Crippen molar-refractivity contribution < 1.29 is 9.53 Å². The summed E-state index contributed by atoms with van der Waals surface area (Å²) in [5.74, 6) is 0.765. The van der Waals surface area contributed by atoms with E-state index in [1.807, 2.05) is 25.1 Å². The van der Waals surface area contributed by atoms with Crippen molar-refractivity contribution in [1.82, 2.24) is 20.2 Å². The maximum absolute atomic E-state index is 12.3. The number of morpholine rings is 1. The van der Waals surface area contributed by atoms with E-state index in [-0.39, 0.29) is 5.91 Å². The van der Waals surface area contributed by atoms with Crippen molar-refractivity contribution in [2.45, 2.75) is 13.3 Å². The molecular formula is C16H22N4O2. The number of carbonyl (C=O) groups excluding carboxylic acids is 1. The molecule has 2 aromatic rings. The lowest BCUT2D eigenvalue weighted by molar-refractivity contribution is 0.0374. The Morgan fingerprint density at radius 2 is 2.23 bits per heavy atom. The normalized spacial score (nSPS) is 16.0. The highest BCUT2D eigenvalue weighted by Crippen LogP contribution is 2.16. The predicted molar refractivity (Wildman–Crippen MR) is 85.0 cm³/mol. The lowest BCUT2D eigenvalue weighted by Gasteiger charge is -2.26. The van der Waals surface area contributed by atoms with Crippen molar-refractivity contribution in [2.24, 2.45) is 0 Å². The van der Waals surface area contributed by atoms with E-state index >= 15 is 0 Å². The number of para-hydroxylation sites is 1. The zero-order valence-electron chi connectivity index (χ0n) is 12.9. The van der Waals surface area contributed by atoms with E-state index in [9.17, 15) is 4.79 Å². The SMILES string of the molecule is Cc1nc2c(C(=O)NCCCN3CCOCC3)cccc2[nH]1. The van der Waals surface area contributed by atoms with Gasteiger partial charge in [0.2, 0.25) is 0 Å². The molecule has 22 heavy (non-hydrogen) atoms. The summed E-state index contributed by atoms with van der Waals surface area (Å²) in [4.78, 5) is 22.2. The minimum absolute atomic E-state index is 0.0564. The molecule has 6 heteroatoms. The minimum Gasteiger partial charge on any atom is -0.379 e. The van der Waals surface area contributed by atoms with Gasteiger partial charge in [0.25, 0.3) is 5.91 Å². The van der Waals surface area contributed by atoms with Gasteiger partial charge in [0.1, 0.15) is 11.3 Å². The fourth-order valence-corrected chi connectivity index (χ4v) is 2.76. The highest BCUT2D eigenvalue weighted by atomic mass is 16.5. The van der Waals surface area contributed by atoms with Gasteiger partial charge in [-0.3, -0.25) is 9.69 Å². The molecule has 0 saturated carbocycles. The molecule has 1 amide bonds. The molecule has 1 aliphatic rings. The average molecular weight is 302 g/mol. The fourth-order valence-electron chi connectivity index (χ4n) is 2.76. The number of rotatable bonds is 5. The topological polar surface area (TPSA) is 70.2 Å². The highest BCUT2D eigenvalue weighted by Gasteiger charge is 2.13. The molecule has 0 aliphatic carbocycles. The Kier molecular flexibility index (Phi) is 4.70. The first kappa shape index (κ1) is 15.0. The lowest BCUT2D eigenvalue weighted by atomic mass is 10.1. The summed E-state index contributed by atoms with van der Waals surface area (Å²) in [5, 5.41) is 2.99. The smallest absolute Gasteiger partial charge is 0.253 e. The minimum atomic E-state index is -0.0564. The molecule has 1 fully saturated rings. The van der Waals surface area contributed by atoms with Crippen molar-refractivity contribution >= 4 is 16.9 Å². The number of carbonyl (C=O) groups is 1. The van der Waals surface area contributed by atoms with Crippen LogP contribution in [0.1, 0.15) is 22.6 Å². The Balaban J connectivity index is 1.52. The molecule has 6 nitrogen and oxygen atoms in total. The van der Waals surface area contributed by atoms with E-state index in [1.165, 1.54) is 0 Å². The summed E-state index contributed by atoms with van der Waals surface area (Å²) >= 11 is 0. The molecule has 3 rings (SSSR count). The quantitative estimate of drug-likeness (QED) is 0.817. The molecule has 0 radical (unpaired) electrons. The number of amides is 1. The summed E-state index contributed by atoms with van der Waals surface area (Å²) in [6.45, 7) is 7.16. The van der Waals surface area contributed by atoms with Gasteiger partial charge >= 0.3 is 0 Å². The largest absolute Gasteiger partial charge is 0.379 e. The first-order valence-electron chi connectivity index (χ1n) is 7.77. The summed E-state index contributed by atoms with van der Waals surface area (Å²) in [6, 6.07) is 5.63. The third-order valence-corrected chi connectivity index (χ3v) is 3.92. The molecule has 118 valence electrons. The monoisotopic (exact) mass is 302 g/mol. The molecule has 0 atom stereocenters. The first-order chi connectivity index (χ1) is 10.7. The number of benzene rings is 1. The number of H-pyrrole nitrogens is 1. The predicted octanol–water partition coefficient (Wildman–Crippen LogP) is 1.32. The Bertz CT molecular complexity index is 647. The number of aromatic nitrogens is 2. The molecule has 1 aromatic heterocycles. The van der Waals surface area contributed by atoms with Gasteiger partial charge in [0, 0.05) is 19.6 Å².